The number of amidine groups is 1. The molecule has 3 heterocycles. The molecule has 1 aromatic heterocycles. The van der Waals surface area contributed by atoms with Crippen LogP contribution in [0, 0.1) is 0 Å². The molecule has 0 bridgehead atoms. The number of nitrogens with one attached hydrogen (secondary N) is 1. The maximum absolute atomic E-state index is 12.4. The number of fused-ring (bicyclic) bond motifs is 3. The number of thioether (sulfide) groups is 1. The van der Waals surface area contributed by atoms with Gasteiger partial charge in [0, 0.05) is 35.1 Å². The van der Waals surface area contributed by atoms with Crippen LogP contribution >= 0.6 is 11.8 Å². The van der Waals surface area contributed by atoms with Crippen LogP contribution in [0.2, 0.25) is 0 Å². The summed E-state index contributed by atoms with van der Waals surface area (Å²) in [6.45, 7) is 0.379. The number of carbonyl (C=O) groups is 1. The van der Waals surface area contributed by atoms with Crippen LogP contribution in [0.5, 0.6) is 0 Å². The Morgan fingerprint density at radius 3 is 2.79 bits per heavy atom. The van der Waals surface area contributed by atoms with Gasteiger partial charge in [0.2, 0.25) is 0 Å². The van der Waals surface area contributed by atoms with Crippen molar-refractivity contribution in [3.05, 3.63) is 48.3 Å². The summed E-state index contributed by atoms with van der Waals surface area (Å²) in [4.78, 5) is 18.9. The molecule has 1 N–H and O–H groups in total. The van der Waals surface area contributed by atoms with Crippen LogP contribution in [0.4, 0.5) is 11.4 Å². The van der Waals surface area contributed by atoms with Crippen molar-refractivity contribution >= 4 is 44.2 Å². The number of carbonyl (C=O) groups excluding carboxylic acids is 1. The van der Waals surface area contributed by atoms with Crippen LogP contribution in [-0.2, 0) is 10.0 Å². The second-order valence-electron chi connectivity index (χ2n) is 5.29. The Balaban J connectivity index is 1.61. The van der Waals surface area contributed by atoms with Gasteiger partial charge in [0.1, 0.15) is 0 Å². The molecule has 4 rings (SSSR count). The van der Waals surface area contributed by atoms with E-state index in [1.807, 2.05) is 11.0 Å². The molecule has 1 aromatic carbocycles. The number of benzene rings is 1. The van der Waals surface area contributed by atoms with Gasteiger partial charge in [-0.25, -0.2) is 8.42 Å². The summed E-state index contributed by atoms with van der Waals surface area (Å²) in [7, 11) is -3.38. The number of nitrogens with zero attached hydrogens (tertiary/aromatic N) is 3. The van der Waals surface area contributed by atoms with Crippen molar-refractivity contribution in [2.24, 2.45) is 4.40 Å². The molecular formula is C15H12N4O3S2. The second-order valence-corrected chi connectivity index (χ2v) is 8.05. The monoisotopic (exact) mass is 360 g/mol. The molecule has 0 saturated heterocycles. The molecule has 0 aliphatic carbocycles. The Hall–Kier alpha value is -2.39. The SMILES string of the molecule is O=C(Nc1ccncc1)c1ccc2c(c1)SC1=NS(=O)(=O)CCN12. The summed E-state index contributed by atoms with van der Waals surface area (Å²) in [6.07, 6.45) is 3.20. The molecule has 2 aliphatic heterocycles. The molecule has 0 spiro atoms. The molecule has 7 nitrogen and oxygen atoms in total. The third kappa shape index (κ3) is 2.76. The van der Waals surface area contributed by atoms with Crippen molar-refractivity contribution in [1.82, 2.24) is 4.98 Å². The van der Waals surface area contributed by atoms with Gasteiger partial charge in [-0.3, -0.25) is 9.78 Å². The summed E-state index contributed by atoms with van der Waals surface area (Å²) in [5.41, 5.74) is 2.05. The fraction of sp³-hybridized carbons (Fsp3) is 0.133. The second kappa shape index (κ2) is 5.60. The van der Waals surface area contributed by atoms with E-state index >= 15 is 0 Å². The van der Waals surface area contributed by atoms with Gasteiger partial charge < -0.3 is 10.2 Å². The molecule has 122 valence electrons. The van der Waals surface area contributed by atoms with Crippen molar-refractivity contribution in [2.75, 3.05) is 22.5 Å². The molecule has 0 fully saturated rings. The van der Waals surface area contributed by atoms with E-state index in [0.29, 0.717) is 23.0 Å². The van der Waals surface area contributed by atoms with Crippen molar-refractivity contribution in [3.63, 3.8) is 0 Å². The van der Waals surface area contributed by atoms with Gasteiger partial charge in [-0.1, -0.05) is 0 Å². The molecular weight excluding hydrogens is 348 g/mol. The van der Waals surface area contributed by atoms with Crippen LogP contribution in [0.1, 0.15) is 10.4 Å². The van der Waals surface area contributed by atoms with E-state index in [0.717, 1.165) is 10.6 Å². The lowest BCUT2D eigenvalue weighted by Gasteiger charge is -2.22. The fourth-order valence-corrected chi connectivity index (χ4v) is 4.81. The Kier molecular flexibility index (Phi) is 3.54. The van der Waals surface area contributed by atoms with Crippen LogP contribution in [-0.4, -0.2) is 36.8 Å². The van der Waals surface area contributed by atoms with Gasteiger partial charge >= 0.3 is 0 Å². The summed E-state index contributed by atoms with van der Waals surface area (Å²) in [5, 5.41) is 3.24. The van der Waals surface area contributed by atoms with Crippen LogP contribution in [0.3, 0.4) is 0 Å². The first-order chi connectivity index (χ1) is 11.5. The van der Waals surface area contributed by atoms with Gasteiger partial charge in [-0.2, -0.15) is 0 Å². The highest BCUT2D eigenvalue weighted by Gasteiger charge is 2.33. The van der Waals surface area contributed by atoms with E-state index in [-0.39, 0.29) is 11.7 Å². The highest BCUT2D eigenvalue weighted by atomic mass is 32.2. The largest absolute Gasteiger partial charge is 0.322 e. The molecule has 0 radical (unpaired) electrons. The molecule has 1 amide bonds. The van der Waals surface area contributed by atoms with E-state index in [1.165, 1.54) is 11.8 Å². The Morgan fingerprint density at radius 2 is 2.00 bits per heavy atom. The maximum Gasteiger partial charge on any atom is 0.257 e. The van der Waals surface area contributed by atoms with E-state index < -0.39 is 10.0 Å². The van der Waals surface area contributed by atoms with E-state index in [9.17, 15) is 13.2 Å². The average molecular weight is 360 g/mol. The fourth-order valence-electron chi connectivity index (χ4n) is 2.51. The van der Waals surface area contributed by atoms with Crippen LogP contribution < -0.4 is 10.2 Å². The minimum absolute atomic E-state index is 0.000774. The number of hydrogen-bond acceptors (Lipinski definition) is 6. The third-order valence-electron chi connectivity index (χ3n) is 3.67. The van der Waals surface area contributed by atoms with Crippen molar-refractivity contribution in [3.8, 4) is 0 Å². The summed E-state index contributed by atoms with van der Waals surface area (Å²) >= 11 is 1.27. The van der Waals surface area contributed by atoms with Gasteiger partial charge in [0.25, 0.3) is 15.9 Å². The lowest BCUT2D eigenvalue weighted by molar-refractivity contribution is 0.102. The van der Waals surface area contributed by atoms with Crippen molar-refractivity contribution in [2.45, 2.75) is 4.90 Å². The first-order valence-corrected chi connectivity index (χ1v) is 9.58. The van der Waals surface area contributed by atoms with Gasteiger partial charge in [-0.05, 0) is 42.1 Å². The number of hydrogen-bond donors (Lipinski definition) is 1. The van der Waals surface area contributed by atoms with E-state index in [1.54, 1.807) is 36.7 Å². The lowest BCUT2D eigenvalue weighted by atomic mass is 10.1. The van der Waals surface area contributed by atoms with Gasteiger partial charge in [-0.15, -0.1) is 4.40 Å². The standard InChI is InChI=1S/C15H12N4O3S2/c20-14(17-11-3-5-16-6-4-11)10-1-2-12-13(9-10)23-15-18-24(21,22)8-7-19(12)15/h1-6,9H,7-8H2,(H,16,17,20). The summed E-state index contributed by atoms with van der Waals surface area (Å²) in [5.74, 6) is -0.232. The molecule has 0 atom stereocenters. The first-order valence-electron chi connectivity index (χ1n) is 7.15. The van der Waals surface area contributed by atoms with Gasteiger partial charge in [0.05, 0.1) is 11.4 Å². The number of pyridine rings is 1. The smallest absolute Gasteiger partial charge is 0.257 e. The predicted molar refractivity (Wildman–Crippen MR) is 93.1 cm³/mol. The minimum atomic E-state index is -3.38. The van der Waals surface area contributed by atoms with E-state index in [4.69, 9.17) is 0 Å². The Bertz CT molecular complexity index is 958. The van der Waals surface area contributed by atoms with Crippen molar-refractivity contribution in [1.29, 1.82) is 0 Å². The Labute approximate surface area is 142 Å². The normalized spacial score (nSPS) is 17.7. The topological polar surface area (TPSA) is 91.7 Å². The minimum Gasteiger partial charge on any atom is -0.322 e. The zero-order valence-electron chi connectivity index (χ0n) is 12.3. The maximum atomic E-state index is 12.4. The third-order valence-corrected chi connectivity index (χ3v) is 5.98. The van der Waals surface area contributed by atoms with Crippen LogP contribution in [0.25, 0.3) is 0 Å². The summed E-state index contributed by atoms with van der Waals surface area (Å²) < 4.78 is 27.1. The predicted octanol–water partition coefficient (Wildman–Crippen LogP) is 1.95. The number of anilines is 2. The quantitative estimate of drug-likeness (QED) is 0.880. The lowest BCUT2D eigenvalue weighted by Crippen LogP contribution is -2.35. The zero-order valence-corrected chi connectivity index (χ0v) is 14.0. The first kappa shape index (κ1) is 15.2. The molecule has 0 saturated carbocycles. The highest BCUT2D eigenvalue weighted by molar-refractivity contribution is 8.15. The van der Waals surface area contributed by atoms with Crippen molar-refractivity contribution < 1.29 is 13.2 Å². The molecule has 0 unspecified atom stereocenters. The van der Waals surface area contributed by atoms with Crippen LogP contribution in [0.15, 0.2) is 52.0 Å². The molecule has 24 heavy (non-hydrogen) atoms. The van der Waals surface area contributed by atoms with Gasteiger partial charge in [0.15, 0.2) is 5.17 Å². The zero-order chi connectivity index (χ0) is 16.7. The molecule has 2 aliphatic rings. The number of amides is 1. The Morgan fingerprint density at radius 1 is 1.21 bits per heavy atom. The number of aromatic nitrogens is 1. The number of sulfonamides is 1. The molecule has 2 aromatic rings. The molecule has 9 heteroatoms. The highest BCUT2D eigenvalue weighted by Crippen LogP contribution is 2.42. The average Bonchev–Trinajstić information content (AvgIpc) is 2.90. The number of rotatable bonds is 2. The summed E-state index contributed by atoms with van der Waals surface area (Å²) in [6, 6.07) is 8.72. The van der Waals surface area contributed by atoms with E-state index in [2.05, 4.69) is 14.7 Å².